The summed E-state index contributed by atoms with van der Waals surface area (Å²) in [6, 6.07) is 9.49. The SMILES string of the molecule is O=C(O)NC[C@H](CO)OCc1ccccc1. The average Bonchev–Trinajstić information content (AvgIpc) is 2.30. The van der Waals surface area contributed by atoms with E-state index in [4.69, 9.17) is 14.9 Å². The van der Waals surface area contributed by atoms with Gasteiger partial charge in [0.1, 0.15) is 0 Å². The molecule has 3 N–H and O–H groups in total. The van der Waals surface area contributed by atoms with Crippen LogP contribution < -0.4 is 5.32 Å². The minimum atomic E-state index is -1.12. The number of carbonyl (C=O) groups is 1. The Bertz CT molecular complexity index is 315. The van der Waals surface area contributed by atoms with Crippen molar-refractivity contribution in [2.24, 2.45) is 0 Å². The molecule has 1 aromatic carbocycles. The van der Waals surface area contributed by atoms with Gasteiger partial charge >= 0.3 is 6.09 Å². The van der Waals surface area contributed by atoms with Crippen molar-refractivity contribution in [2.75, 3.05) is 13.2 Å². The molecule has 1 aromatic rings. The monoisotopic (exact) mass is 225 g/mol. The van der Waals surface area contributed by atoms with E-state index in [0.717, 1.165) is 5.56 Å². The zero-order valence-electron chi connectivity index (χ0n) is 8.80. The molecule has 1 rings (SSSR count). The Morgan fingerprint density at radius 3 is 2.62 bits per heavy atom. The molecule has 0 saturated heterocycles. The zero-order valence-corrected chi connectivity index (χ0v) is 8.80. The molecule has 0 aliphatic carbocycles. The van der Waals surface area contributed by atoms with Gasteiger partial charge in [0.25, 0.3) is 0 Å². The van der Waals surface area contributed by atoms with Crippen LogP contribution in [0.5, 0.6) is 0 Å². The van der Waals surface area contributed by atoms with Gasteiger partial charge < -0.3 is 20.3 Å². The molecule has 1 amide bonds. The number of rotatable bonds is 6. The Balaban J connectivity index is 2.31. The van der Waals surface area contributed by atoms with Crippen LogP contribution >= 0.6 is 0 Å². The first-order valence-corrected chi connectivity index (χ1v) is 4.95. The smallest absolute Gasteiger partial charge is 0.404 e. The minimum Gasteiger partial charge on any atom is -0.465 e. The zero-order chi connectivity index (χ0) is 11.8. The van der Waals surface area contributed by atoms with Gasteiger partial charge in [0.15, 0.2) is 0 Å². The summed E-state index contributed by atoms with van der Waals surface area (Å²) in [5.41, 5.74) is 0.983. The number of hydrogen-bond donors (Lipinski definition) is 3. The lowest BCUT2D eigenvalue weighted by atomic mass is 10.2. The highest BCUT2D eigenvalue weighted by atomic mass is 16.5. The van der Waals surface area contributed by atoms with Gasteiger partial charge in [0.2, 0.25) is 0 Å². The van der Waals surface area contributed by atoms with Crippen molar-refractivity contribution in [3.8, 4) is 0 Å². The molecular formula is C11H15NO4. The molecule has 0 aliphatic heterocycles. The van der Waals surface area contributed by atoms with Gasteiger partial charge in [-0.15, -0.1) is 0 Å². The molecule has 5 nitrogen and oxygen atoms in total. The number of ether oxygens (including phenoxy) is 1. The predicted octanol–water partition coefficient (Wildman–Crippen LogP) is 0.832. The lowest BCUT2D eigenvalue weighted by Crippen LogP contribution is -2.34. The van der Waals surface area contributed by atoms with Gasteiger partial charge in [-0.3, -0.25) is 0 Å². The molecule has 0 bridgehead atoms. The van der Waals surface area contributed by atoms with E-state index in [0.29, 0.717) is 6.61 Å². The van der Waals surface area contributed by atoms with E-state index in [1.54, 1.807) is 0 Å². The highest BCUT2D eigenvalue weighted by molar-refractivity contribution is 5.64. The molecule has 0 radical (unpaired) electrons. The first-order valence-electron chi connectivity index (χ1n) is 4.95. The van der Waals surface area contributed by atoms with Crippen molar-refractivity contribution in [2.45, 2.75) is 12.7 Å². The minimum absolute atomic E-state index is 0.0820. The molecule has 0 heterocycles. The Labute approximate surface area is 93.7 Å². The van der Waals surface area contributed by atoms with Crippen molar-refractivity contribution in [1.82, 2.24) is 5.32 Å². The number of nitrogens with one attached hydrogen (secondary N) is 1. The second-order valence-electron chi connectivity index (χ2n) is 3.29. The Morgan fingerprint density at radius 2 is 2.06 bits per heavy atom. The molecule has 5 heteroatoms. The van der Waals surface area contributed by atoms with Crippen LogP contribution in [0.15, 0.2) is 30.3 Å². The van der Waals surface area contributed by atoms with Gasteiger partial charge in [0, 0.05) is 6.54 Å². The summed E-state index contributed by atoms with van der Waals surface area (Å²) in [5.74, 6) is 0. The average molecular weight is 225 g/mol. The highest BCUT2D eigenvalue weighted by Gasteiger charge is 2.09. The second kappa shape index (κ2) is 6.81. The number of hydrogen-bond acceptors (Lipinski definition) is 3. The third-order valence-electron chi connectivity index (χ3n) is 2.01. The number of aliphatic hydroxyl groups excluding tert-OH is 1. The standard InChI is InChI=1S/C11H15NO4/c13-7-10(6-12-11(14)15)16-8-9-4-2-1-3-5-9/h1-5,10,12-13H,6-8H2,(H,14,15)/t10-/m1/s1. The van der Waals surface area contributed by atoms with Gasteiger partial charge in [-0.2, -0.15) is 0 Å². The van der Waals surface area contributed by atoms with Crippen LogP contribution in [0.2, 0.25) is 0 Å². The molecule has 1 atom stereocenters. The van der Waals surface area contributed by atoms with Crippen molar-refractivity contribution >= 4 is 6.09 Å². The van der Waals surface area contributed by atoms with Crippen LogP contribution in [0.1, 0.15) is 5.56 Å². The second-order valence-corrected chi connectivity index (χ2v) is 3.29. The number of carboxylic acid groups (broad SMARTS) is 1. The van der Waals surface area contributed by atoms with E-state index in [9.17, 15) is 4.79 Å². The first kappa shape index (κ1) is 12.5. The maximum absolute atomic E-state index is 10.2. The normalized spacial score (nSPS) is 12.1. The van der Waals surface area contributed by atoms with E-state index in [1.807, 2.05) is 30.3 Å². The first-order chi connectivity index (χ1) is 7.72. The topological polar surface area (TPSA) is 78.8 Å². The fourth-order valence-electron chi connectivity index (χ4n) is 1.17. The van der Waals surface area contributed by atoms with Crippen LogP contribution in [-0.4, -0.2) is 35.6 Å². The van der Waals surface area contributed by atoms with Gasteiger partial charge in [-0.25, -0.2) is 4.79 Å². The van der Waals surface area contributed by atoms with Crippen LogP contribution in [0.25, 0.3) is 0 Å². The van der Waals surface area contributed by atoms with E-state index in [1.165, 1.54) is 0 Å². The van der Waals surface area contributed by atoms with Gasteiger partial charge in [-0.1, -0.05) is 30.3 Å². The van der Waals surface area contributed by atoms with Crippen LogP contribution in [0.3, 0.4) is 0 Å². The summed E-state index contributed by atoms with van der Waals surface area (Å²) in [6.45, 7) is 0.221. The molecule has 0 unspecified atom stereocenters. The molecule has 0 saturated carbocycles. The van der Waals surface area contributed by atoms with E-state index in [-0.39, 0.29) is 13.2 Å². The maximum atomic E-state index is 10.2. The van der Waals surface area contributed by atoms with E-state index in [2.05, 4.69) is 5.32 Å². The largest absolute Gasteiger partial charge is 0.465 e. The lowest BCUT2D eigenvalue weighted by molar-refractivity contribution is 0.00409. The highest BCUT2D eigenvalue weighted by Crippen LogP contribution is 2.02. The summed E-state index contributed by atoms with van der Waals surface area (Å²) < 4.78 is 5.35. The number of aliphatic hydroxyl groups is 1. The van der Waals surface area contributed by atoms with Gasteiger partial charge in [-0.05, 0) is 5.56 Å². The molecule has 0 spiro atoms. The lowest BCUT2D eigenvalue weighted by Gasteiger charge is -2.15. The van der Waals surface area contributed by atoms with Crippen molar-refractivity contribution in [3.63, 3.8) is 0 Å². The molecule has 0 fully saturated rings. The number of amides is 1. The van der Waals surface area contributed by atoms with Crippen LogP contribution in [0, 0.1) is 0 Å². The van der Waals surface area contributed by atoms with Crippen molar-refractivity contribution < 1.29 is 19.7 Å². The fourth-order valence-corrected chi connectivity index (χ4v) is 1.17. The summed E-state index contributed by atoms with van der Waals surface area (Å²) >= 11 is 0. The molecular weight excluding hydrogens is 210 g/mol. The van der Waals surface area contributed by atoms with Crippen LogP contribution in [0.4, 0.5) is 4.79 Å². The maximum Gasteiger partial charge on any atom is 0.404 e. The Kier molecular flexibility index (Phi) is 5.31. The molecule has 0 aromatic heterocycles. The molecule has 16 heavy (non-hydrogen) atoms. The van der Waals surface area contributed by atoms with Gasteiger partial charge in [0.05, 0.1) is 19.3 Å². The van der Waals surface area contributed by atoms with E-state index < -0.39 is 12.2 Å². The third kappa shape index (κ3) is 4.77. The summed E-state index contributed by atoms with van der Waals surface area (Å²) in [6.07, 6.45) is -1.64. The summed E-state index contributed by atoms with van der Waals surface area (Å²) in [5, 5.41) is 19.5. The Hall–Kier alpha value is -1.59. The fraction of sp³-hybridized carbons (Fsp3) is 0.364. The molecule has 88 valence electrons. The van der Waals surface area contributed by atoms with Crippen molar-refractivity contribution in [1.29, 1.82) is 0 Å². The Morgan fingerprint density at radius 1 is 1.38 bits per heavy atom. The van der Waals surface area contributed by atoms with Crippen LogP contribution in [-0.2, 0) is 11.3 Å². The van der Waals surface area contributed by atoms with E-state index >= 15 is 0 Å². The summed E-state index contributed by atoms with van der Waals surface area (Å²) in [4.78, 5) is 10.2. The van der Waals surface area contributed by atoms with Crippen molar-refractivity contribution in [3.05, 3.63) is 35.9 Å². The molecule has 0 aliphatic rings. The predicted molar refractivity (Wildman–Crippen MR) is 58.1 cm³/mol. The summed E-state index contributed by atoms with van der Waals surface area (Å²) in [7, 11) is 0. The quantitative estimate of drug-likeness (QED) is 0.670. The third-order valence-corrected chi connectivity index (χ3v) is 2.01. The number of benzene rings is 1.